The van der Waals surface area contributed by atoms with E-state index in [2.05, 4.69) is 44.3 Å². The molecule has 1 unspecified atom stereocenters. The van der Waals surface area contributed by atoms with Crippen LogP contribution in [-0.2, 0) is 6.42 Å². The molecule has 0 bridgehead atoms. The molecular formula is C26H24F3N5O. The van der Waals surface area contributed by atoms with E-state index in [9.17, 15) is 18.3 Å². The number of pyridine rings is 1. The van der Waals surface area contributed by atoms with Gasteiger partial charge in [-0.25, -0.2) is 4.98 Å². The number of benzene rings is 2. The fourth-order valence-corrected chi connectivity index (χ4v) is 4.38. The van der Waals surface area contributed by atoms with Gasteiger partial charge in [0.1, 0.15) is 5.82 Å². The van der Waals surface area contributed by atoms with E-state index >= 15 is 0 Å². The molecule has 0 aliphatic carbocycles. The van der Waals surface area contributed by atoms with Gasteiger partial charge in [0.2, 0.25) is 0 Å². The summed E-state index contributed by atoms with van der Waals surface area (Å²) in [5.41, 5.74) is 1.84. The van der Waals surface area contributed by atoms with Crippen molar-refractivity contribution in [3.05, 3.63) is 89.7 Å². The maximum atomic E-state index is 12.7. The van der Waals surface area contributed by atoms with Gasteiger partial charge in [-0.2, -0.15) is 18.3 Å². The monoisotopic (exact) mass is 479 g/mol. The first-order valence-corrected chi connectivity index (χ1v) is 11.4. The maximum Gasteiger partial charge on any atom is 0.418 e. The molecule has 1 fully saturated rings. The molecule has 0 radical (unpaired) electrons. The number of alkyl halides is 3. The Morgan fingerprint density at radius 1 is 0.800 bits per heavy atom. The molecule has 1 aliphatic rings. The second kappa shape index (κ2) is 9.50. The maximum absolute atomic E-state index is 12.7. The average molecular weight is 480 g/mol. The van der Waals surface area contributed by atoms with Crippen LogP contribution >= 0.6 is 0 Å². The van der Waals surface area contributed by atoms with Crippen LogP contribution in [0.2, 0.25) is 0 Å². The predicted molar refractivity (Wildman–Crippen MR) is 128 cm³/mol. The highest BCUT2D eigenvalue weighted by Gasteiger charge is 2.39. The van der Waals surface area contributed by atoms with Crippen LogP contribution in [-0.4, -0.2) is 52.6 Å². The zero-order valence-electron chi connectivity index (χ0n) is 18.9. The van der Waals surface area contributed by atoms with Gasteiger partial charge in [-0.15, -0.1) is 5.10 Å². The zero-order chi connectivity index (χ0) is 24.4. The van der Waals surface area contributed by atoms with Crippen LogP contribution in [0.25, 0.3) is 10.8 Å². The summed E-state index contributed by atoms with van der Waals surface area (Å²) in [6.07, 6.45) is -5.45. The van der Waals surface area contributed by atoms with Crippen molar-refractivity contribution in [1.82, 2.24) is 15.2 Å². The van der Waals surface area contributed by atoms with Gasteiger partial charge >= 0.3 is 6.18 Å². The van der Waals surface area contributed by atoms with Crippen molar-refractivity contribution in [2.24, 2.45) is 0 Å². The Labute approximate surface area is 200 Å². The SMILES string of the molecule is OC(c1ccc(N2CCN(c3nnc(Cc4ccccc4)c4ccccc34)CC2)nc1)C(F)(F)F. The number of hydrogen-bond donors (Lipinski definition) is 1. The Hall–Kier alpha value is -3.72. The fraction of sp³-hybridized carbons (Fsp3) is 0.269. The number of halogens is 3. The molecule has 1 atom stereocenters. The number of rotatable bonds is 5. The first-order chi connectivity index (χ1) is 16.9. The molecule has 6 nitrogen and oxygen atoms in total. The molecule has 35 heavy (non-hydrogen) atoms. The number of anilines is 2. The Morgan fingerprint density at radius 2 is 1.46 bits per heavy atom. The summed E-state index contributed by atoms with van der Waals surface area (Å²) < 4.78 is 38.2. The molecular weight excluding hydrogens is 455 g/mol. The molecule has 1 aliphatic heterocycles. The number of aromatic nitrogens is 3. The molecule has 1 N–H and O–H groups in total. The lowest BCUT2D eigenvalue weighted by molar-refractivity contribution is -0.206. The van der Waals surface area contributed by atoms with Gasteiger partial charge in [0, 0.05) is 55.1 Å². The van der Waals surface area contributed by atoms with Crippen LogP contribution in [0, 0.1) is 0 Å². The smallest absolute Gasteiger partial charge is 0.379 e. The van der Waals surface area contributed by atoms with Crippen molar-refractivity contribution in [2.75, 3.05) is 36.0 Å². The largest absolute Gasteiger partial charge is 0.418 e. The molecule has 2 aromatic carbocycles. The molecule has 5 rings (SSSR count). The van der Waals surface area contributed by atoms with E-state index in [1.54, 1.807) is 0 Å². The Morgan fingerprint density at radius 3 is 2.11 bits per heavy atom. The standard InChI is InChI=1S/C26H24F3N5O/c27-26(28,29)24(35)19-10-11-23(30-17-19)33-12-14-34(15-13-33)25-21-9-5-4-8-20(21)22(31-32-25)16-18-6-2-1-3-7-18/h1-11,17,24,35H,12-16H2. The van der Waals surface area contributed by atoms with Crippen molar-refractivity contribution >= 4 is 22.4 Å². The van der Waals surface area contributed by atoms with E-state index in [4.69, 9.17) is 0 Å². The summed E-state index contributed by atoms with van der Waals surface area (Å²) in [6.45, 7) is 2.61. The zero-order valence-corrected chi connectivity index (χ0v) is 18.9. The van der Waals surface area contributed by atoms with Crippen molar-refractivity contribution in [3.8, 4) is 0 Å². The fourth-order valence-electron chi connectivity index (χ4n) is 4.38. The summed E-state index contributed by atoms with van der Waals surface area (Å²) in [7, 11) is 0. The van der Waals surface area contributed by atoms with E-state index in [1.807, 2.05) is 35.2 Å². The molecule has 0 amide bonds. The van der Waals surface area contributed by atoms with Gasteiger partial charge in [0.25, 0.3) is 0 Å². The summed E-state index contributed by atoms with van der Waals surface area (Å²) in [6, 6.07) is 21.1. The molecule has 3 heterocycles. The number of aliphatic hydroxyl groups is 1. The summed E-state index contributed by atoms with van der Waals surface area (Å²) >= 11 is 0. The van der Waals surface area contributed by atoms with Crippen molar-refractivity contribution in [2.45, 2.75) is 18.7 Å². The second-order valence-corrected chi connectivity index (χ2v) is 8.55. The van der Waals surface area contributed by atoms with Crippen molar-refractivity contribution in [1.29, 1.82) is 0 Å². The average Bonchev–Trinajstić information content (AvgIpc) is 2.89. The third-order valence-corrected chi connectivity index (χ3v) is 6.26. The first kappa shape index (κ1) is 23.0. The van der Waals surface area contributed by atoms with Crippen LogP contribution in [0.15, 0.2) is 72.9 Å². The Balaban J connectivity index is 1.31. The minimum absolute atomic E-state index is 0.266. The van der Waals surface area contributed by atoms with Gasteiger partial charge < -0.3 is 14.9 Å². The Kier molecular flexibility index (Phi) is 6.25. The number of fused-ring (bicyclic) bond motifs is 1. The molecule has 4 aromatic rings. The lowest BCUT2D eigenvalue weighted by Gasteiger charge is -2.36. The molecule has 1 saturated heterocycles. The molecule has 2 aromatic heterocycles. The first-order valence-electron chi connectivity index (χ1n) is 11.4. The van der Waals surface area contributed by atoms with Gasteiger partial charge in [0.15, 0.2) is 11.9 Å². The normalized spacial score (nSPS) is 15.4. The number of hydrogen-bond acceptors (Lipinski definition) is 6. The third kappa shape index (κ3) is 4.90. The molecule has 0 spiro atoms. The molecule has 9 heteroatoms. The van der Waals surface area contributed by atoms with Gasteiger partial charge in [0.05, 0.1) is 5.69 Å². The topological polar surface area (TPSA) is 65.4 Å². The van der Waals surface area contributed by atoms with Crippen LogP contribution in [0.4, 0.5) is 24.8 Å². The predicted octanol–water partition coefficient (Wildman–Crippen LogP) is 4.54. The highest BCUT2D eigenvalue weighted by atomic mass is 19.4. The minimum Gasteiger partial charge on any atom is -0.379 e. The van der Waals surface area contributed by atoms with Crippen LogP contribution in [0.5, 0.6) is 0 Å². The second-order valence-electron chi connectivity index (χ2n) is 8.55. The van der Waals surface area contributed by atoms with Crippen LogP contribution in [0.3, 0.4) is 0 Å². The van der Waals surface area contributed by atoms with Gasteiger partial charge in [-0.3, -0.25) is 0 Å². The molecule has 0 saturated carbocycles. The van der Waals surface area contributed by atoms with Crippen molar-refractivity contribution < 1.29 is 18.3 Å². The van der Waals surface area contributed by atoms with E-state index in [1.165, 1.54) is 17.7 Å². The summed E-state index contributed by atoms with van der Waals surface area (Å²) in [4.78, 5) is 8.35. The van der Waals surface area contributed by atoms with E-state index in [0.29, 0.717) is 38.4 Å². The lowest BCUT2D eigenvalue weighted by Crippen LogP contribution is -2.47. The van der Waals surface area contributed by atoms with Gasteiger partial charge in [-0.05, 0) is 11.6 Å². The Bertz CT molecular complexity index is 1290. The van der Waals surface area contributed by atoms with E-state index < -0.39 is 12.3 Å². The summed E-state index contributed by atoms with van der Waals surface area (Å²) in [5, 5.41) is 20.7. The van der Waals surface area contributed by atoms with Crippen molar-refractivity contribution in [3.63, 3.8) is 0 Å². The highest BCUT2D eigenvalue weighted by Crippen LogP contribution is 2.33. The van der Waals surface area contributed by atoms with Crippen LogP contribution < -0.4 is 9.80 Å². The number of piperazine rings is 1. The quantitative estimate of drug-likeness (QED) is 0.454. The van der Waals surface area contributed by atoms with E-state index in [-0.39, 0.29) is 5.56 Å². The minimum atomic E-state index is -4.71. The highest BCUT2D eigenvalue weighted by molar-refractivity contribution is 5.93. The van der Waals surface area contributed by atoms with Crippen LogP contribution in [0.1, 0.15) is 22.9 Å². The number of nitrogens with zero attached hydrogens (tertiary/aromatic N) is 5. The number of aliphatic hydroxyl groups excluding tert-OH is 1. The lowest BCUT2D eigenvalue weighted by atomic mass is 10.0. The van der Waals surface area contributed by atoms with E-state index in [0.717, 1.165) is 28.5 Å². The van der Waals surface area contributed by atoms with Gasteiger partial charge in [-0.1, -0.05) is 60.7 Å². The molecule has 180 valence electrons. The third-order valence-electron chi connectivity index (χ3n) is 6.26. The summed E-state index contributed by atoms with van der Waals surface area (Å²) in [5.74, 6) is 1.41.